The summed E-state index contributed by atoms with van der Waals surface area (Å²) in [5.41, 5.74) is 2.58. The lowest BCUT2D eigenvalue weighted by Gasteiger charge is -2.48. The largest absolute Gasteiger partial charge is 0.370 e. The second-order valence-corrected chi connectivity index (χ2v) is 9.22. The number of ether oxygens (including phenoxy) is 1. The first-order valence-corrected chi connectivity index (χ1v) is 11.3. The molecule has 0 aliphatic carbocycles. The molecule has 5 rings (SSSR count). The number of aromatic nitrogens is 1. The van der Waals surface area contributed by atoms with E-state index in [4.69, 9.17) is 4.74 Å². The molecule has 0 saturated carbocycles. The van der Waals surface area contributed by atoms with Crippen LogP contribution in [-0.2, 0) is 4.74 Å². The summed E-state index contributed by atoms with van der Waals surface area (Å²) in [5.74, 6) is 0. The molecule has 3 aliphatic heterocycles. The van der Waals surface area contributed by atoms with E-state index in [1.165, 1.54) is 32.5 Å². The Kier molecular flexibility index (Phi) is 5.36. The van der Waals surface area contributed by atoms with Crippen molar-refractivity contribution in [3.8, 4) is 6.07 Å². The van der Waals surface area contributed by atoms with Crippen LogP contribution in [0.3, 0.4) is 0 Å². The third kappa shape index (κ3) is 3.66. The highest BCUT2D eigenvalue weighted by molar-refractivity contribution is 5.95. The van der Waals surface area contributed by atoms with Gasteiger partial charge in [-0.2, -0.15) is 5.26 Å². The van der Waals surface area contributed by atoms with Crippen LogP contribution in [0.15, 0.2) is 30.5 Å². The Hall–Kier alpha value is -2.20. The highest BCUT2D eigenvalue weighted by atomic mass is 16.5. The van der Waals surface area contributed by atoms with Crippen LogP contribution in [0, 0.1) is 11.3 Å². The minimum absolute atomic E-state index is 0.182. The van der Waals surface area contributed by atoms with E-state index in [1.807, 2.05) is 12.1 Å². The second kappa shape index (κ2) is 8.14. The van der Waals surface area contributed by atoms with Crippen molar-refractivity contribution >= 4 is 16.6 Å². The molecule has 0 N–H and O–H groups in total. The highest BCUT2D eigenvalue weighted by Crippen LogP contribution is 2.31. The van der Waals surface area contributed by atoms with E-state index in [2.05, 4.69) is 51.7 Å². The molecule has 3 fully saturated rings. The summed E-state index contributed by atoms with van der Waals surface area (Å²) in [6, 6.07) is 11.8. The standard InChI is InChI=1S/C24H31N5O/c1-17-5-4-10-29(17)20-13-27(14-20)15-21-16-28(12-18(2)30-21)23-8-7-19(11-25)24-22(23)6-3-9-26-24/h3,6-9,17-18,20-21H,4-5,10,12-16H2,1-2H3/t17?,18-,21+/m1/s1. The van der Waals surface area contributed by atoms with Crippen LogP contribution >= 0.6 is 0 Å². The van der Waals surface area contributed by atoms with Gasteiger partial charge in [0.2, 0.25) is 0 Å². The van der Waals surface area contributed by atoms with E-state index < -0.39 is 0 Å². The fraction of sp³-hybridized carbons (Fsp3) is 0.583. The fourth-order valence-corrected chi connectivity index (χ4v) is 5.55. The molecule has 158 valence electrons. The smallest absolute Gasteiger partial charge is 0.101 e. The van der Waals surface area contributed by atoms with Gasteiger partial charge in [0.15, 0.2) is 0 Å². The van der Waals surface area contributed by atoms with Crippen molar-refractivity contribution in [3.63, 3.8) is 0 Å². The first-order valence-electron chi connectivity index (χ1n) is 11.3. The number of benzene rings is 1. The molecule has 0 radical (unpaired) electrons. The van der Waals surface area contributed by atoms with Crippen molar-refractivity contribution in [1.29, 1.82) is 5.26 Å². The van der Waals surface area contributed by atoms with Crippen LogP contribution in [0.2, 0.25) is 0 Å². The van der Waals surface area contributed by atoms with E-state index >= 15 is 0 Å². The van der Waals surface area contributed by atoms with Gasteiger partial charge in [-0.05, 0) is 57.5 Å². The molecule has 0 spiro atoms. The number of anilines is 1. The number of hydrogen-bond donors (Lipinski definition) is 0. The molecule has 2 aromatic rings. The molecular weight excluding hydrogens is 374 g/mol. The van der Waals surface area contributed by atoms with Crippen LogP contribution in [-0.4, -0.2) is 78.3 Å². The Balaban J connectivity index is 1.27. The number of rotatable bonds is 4. The van der Waals surface area contributed by atoms with Gasteiger partial charge >= 0.3 is 0 Å². The van der Waals surface area contributed by atoms with Crippen molar-refractivity contribution in [2.45, 2.75) is 51.0 Å². The minimum Gasteiger partial charge on any atom is -0.370 e. The zero-order chi connectivity index (χ0) is 20.7. The molecule has 3 saturated heterocycles. The van der Waals surface area contributed by atoms with E-state index in [0.29, 0.717) is 5.56 Å². The van der Waals surface area contributed by atoms with Gasteiger partial charge < -0.3 is 9.64 Å². The molecule has 0 amide bonds. The van der Waals surface area contributed by atoms with Crippen LogP contribution < -0.4 is 4.90 Å². The topological polar surface area (TPSA) is 55.6 Å². The van der Waals surface area contributed by atoms with Gasteiger partial charge in [-0.25, -0.2) is 0 Å². The Morgan fingerprint density at radius 2 is 2.03 bits per heavy atom. The molecule has 1 unspecified atom stereocenters. The zero-order valence-corrected chi connectivity index (χ0v) is 18.0. The predicted octanol–water partition coefficient (Wildman–Crippen LogP) is 2.87. The number of likely N-dealkylation sites (tertiary alicyclic amines) is 2. The van der Waals surface area contributed by atoms with E-state index in [9.17, 15) is 5.26 Å². The van der Waals surface area contributed by atoms with E-state index in [1.54, 1.807) is 6.20 Å². The average Bonchev–Trinajstić information content (AvgIpc) is 3.14. The summed E-state index contributed by atoms with van der Waals surface area (Å²) in [7, 11) is 0. The molecule has 1 aromatic carbocycles. The highest BCUT2D eigenvalue weighted by Gasteiger charge is 2.38. The van der Waals surface area contributed by atoms with Gasteiger partial charge in [0.25, 0.3) is 0 Å². The van der Waals surface area contributed by atoms with Crippen molar-refractivity contribution in [2.75, 3.05) is 44.2 Å². The minimum atomic E-state index is 0.182. The average molecular weight is 406 g/mol. The maximum Gasteiger partial charge on any atom is 0.101 e. The van der Waals surface area contributed by atoms with E-state index in [-0.39, 0.29) is 12.2 Å². The third-order valence-electron chi connectivity index (χ3n) is 7.01. The first kappa shape index (κ1) is 19.7. The number of pyridine rings is 1. The van der Waals surface area contributed by atoms with Crippen molar-refractivity contribution < 1.29 is 4.74 Å². The number of hydrogen-bond acceptors (Lipinski definition) is 6. The summed E-state index contributed by atoms with van der Waals surface area (Å²) in [6.07, 6.45) is 4.85. The summed E-state index contributed by atoms with van der Waals surface area (Å²) in [6.45, 7) is 10.9. The normalized spacial score (nSPS) is 28.6. The van der Waals surface area contributed by atoms with Gasteiger partial charge in [-0.15, -0.1) is 0 Å². The lowest BCUT2D eigenvalue weighted by Crippen LogP contribution is -2.62. The molecule has 6 nitrogen and oxygen atoms in total. The summed E-state index contributed by atoms with van der Waals surface area (Å²) >= 11 is 0. The van der Waals surface area contributed by atoms with Crippen LogP contribution in [0.4, 0.5) is 5.69 Å². The summed E-state index contributed by atoms with van der Waals surface area (Å²) in [4.78, 5) is 12.1. The maximum absolute atomic E-state index is 9.44. The number of morpholine rings is 1. The Morgan fingerprint density at radius 1 is 1.17 bits per heavy atom. The van der Waals surface area contributed by atoms with Crippen molar-refractivity contribution in [2.24, 2.45) is 0 Å². The van der Waals surface area contributed by atoms with Gasteiger partial charge in [-0.3, -0.25) is 14.8 Å². The van der Waals surface area contributed by atoms with Gasteiger partial charge in [0, 0.05) is 62.1 Å². The SMILES string of the molecule is CC1CCCN1C1CN(C[C@H]2CN(c3ccc(C#N)c4ncccc34)C[C@@H](C)O2)C1. The molecule has 30 heavy (non-hydrogen) atoms. The molecule has 6 heteroatoms. The van der Waals surface area contributed by atoms with Crippen LogP contribution in [0.5, 0.6) is 0 Å². The zero-order valence-electron chi connectivity index (χ0n) is 18.0. The van der Waals surface area contributed by atoms with Crippen molar-refractivity contribution in [1.82, 2.24) is 14.8 Å². The Labute approximate surface area is 179 Å². The van der Waals surface area contributed by atoms with Gasteiger partial charge in [0.1, 0.15) is 6.07 Å². The molecule has 0 bridgehead atoms. The third-order valence-corrected chi connectivity index (χ3v) is 7.01. The molecule has 3 atom stereocenters. The lowest BCUT2D eigenvalue weighted by molar-refractivity contribution is -0.0579. The van der Waals surface area contributed by atoms with Crippen LogP contribution in [0.25, 0.3) is 10.9 Å². The van der Waals surface area contributed by atoms with Gasteiger partial charge in [0.05, 0.1) is 23.3 Å². The van der Waals surface area contributed by atoms with E-state index in [0.717, 1.165) is 48.3 Å². The maximum atomic E-state index is 9.44. The molecular formula is C24H31N5O. The fourth-order valence-electron chi connectivity index (χ4n) is 5.55. The number of nitrogens with zero attached hydrogens (tertiary/aromatic N) is 5. The number of nitriles is 1. The van der Waals surface area contributed by atoms with Crippen LogP contribution in [0.1, 0.15) is 32.3 Å². The predicted molar refractivity (Wildman–Crippen MR) is 119 cm³/mol. The Bertz CT molecular complexity index is 950. The number of fused-ring (bicyclic) bond motifs is 1. The molecule has 4 heterocycles. The summed E-state index contributed by atoms with van der Waals surface area (Å²) in [5, 5.41) is 10.5. The van der Waals surface area contributed by atoms with Crippen molar-refractivity contribution in [3.05, 3.63) is 36.0 Å². The lowest BCUT2D eigenvalue weighted by atomic mass is 10.0. The monoisotopic (exact) mass is 405 g/mol. The Morgan fingerprint density at radius 3 is 2.80 bits per heavy atom. The summed E-state index contributed by atoms with van der Waals surface area (Å²) < 4.78 is 6.32. The second-order valence-electron chi connectivity index (χ2n) is 9.22. The first-order chi connectivity index (χ1) is 14.6. The quantitative estimate of drug-likeness (QED) is 0.780. The molecule has 3 aliphatic rings. The van der Waals surface area contributed by atoms with Gasteiger partial charge in [-0.1, -0.05) is 0 Å². The molecule has 1 aromatic heterocycles.